The Labute approximate surface area is 148 Å². The van der Waals surface area contributed by atoms with Crippen LogP contribution in [0.2, 0.25) is 0 Å². The van der Waals surface area contributed by atoms with Gasteiger partial charge in [0.2, 0.25) is 11.8 Å². The molecule has 0 saturated heterocycles. The molecule has 0 unspecified atom stereocenters. The number of fused-ring (bicyclic) bond motifs is 1. The maximum absolute atomic E-state index is 12.8. The topological polar surface area (TPSA) is 67.4 Å². The minimum absolute atomic E-state index is 0.0427. The van der Waals surface area contributed by atoms with Crippen molar-refractivity contribution in [2.75, 3.05) is 23.0 Å². The summed E-state index contributed by atoms with van der Waals surface area (Å²) < 4.78 is 18.2. The molecule has 1 heterocycles. The lowest BCUT2D eigenvalue weighted by molar-refractivity contribution is -0.116. The molecular formula is C18H17FN2O3S. The van der Waals surface area contributed by atoms with Gasteiger partial charge in [0.1, 0.15) is 11.6 Å². The quantitative estimate of drug-likeness (QED) is 0.772. The number of rotatable bonds is 6. The van der Waals surface area contributed by atoms with Gasteiger partial charge in [0, 0.05) is 17.0 Å². The van der Waals surface area contributed by atoms with E-state index >= 15 is 0 Å². The van der Waals surface area contributed by atoms with E-state index in [0.717, 1.165) is 10.6 Å². The van der Waals surface area contributed by atoms with Gasteiger partial charge in [-0.05, 0) is 48.9 Å². The summed E-state index contributed by atoms with van der Waals surface area (Å²) in [6.07, 6.45) is 0.847. The summed E-state index contributed by atoms with van der Waals surface area (Å²) in [5, 5.41) is 5.60. The minimum atomic E-state index is -0.314. The number of halogens is 1. The molecule has 0 bridgehead atoms. The Morgan fingerprint density at radius 3 is 2.84 bits per heavy atom. The molecule has 5 nitrogen and oxygen atoms in total. The fraction of sp³-hybridized carbons (Fsp3) is 0.222. The van der Waals surface area contributed by atoms with Gasteiger partial charge in [-0.15, -0.1) is 11.8 Å². The zero-order valence-corrected chi connectivity index (χ0v) is 14.2. The number of nitrogens with one attached hydrogen (secondary N) is 2. The first-order chi connectivity index (χ1) is 12.1. The molecule has 0 radical (unpaired) electrons. The highest BCUT2D eigenvalue weighted by molar-refractivity contribution is 8.00. The van der Waals surface area contributed by atoms with Crippen LogP contribution in [0.1, 0.15) is 12.8 Å². The highest BCUT2D eigenvalue weighted by atomic mass is 32.2. The number of hydrogen-bond donors (Lipinski definition) is 2. The third kappa shape index (κ3) is 4.96. The first-order valence-corrected chi connectivity index (χ1v) is 8.83. The van der Waals surface area contributed by atoms with Gasteiger partial charge in [0.25, 0.3) is 0 Å². The van der Waals surface area contributed by atoms with Crippen LogP contribution in [0.25, 0.3) is 0 Å². The van der Waals surface area contributed by atoms with Crippen molar-refractivity contribution in [1.29, 1.82) is 0 Å². The van der Waals surface area contributed by atoms with E-state index in [1.807, 2.05) is 12.1 Å². The Balaban J connectivity index is 1.44. The molecule has 0 spiro atoms. The standard InChI is InChI=1S/C18H17FN2O3S/c19-12-3-6-14(7-4-12)24-9-1-2-17(22)20-13-5-8-16-15(10-13)21-18(23)11-25-16/h3-8,10H,1-2,9,11H2,(H,20,22)(H,21,23). The molecule has 2 aromatic rings. The van der Waals surface area contributed by atoms with Crippen LogP contribution >= 0.6 is 11.8 Å². The number of hydrogen-bond acceptors (Lipinski definition) is 4. The number of carbonyl (C=O) groups excluding carboxylic acids is 2. The van der Waals surface area contributed by atoms with Gasteiger partial charge in [0.15, 0.2) is 0 Å². The SMILES string of the molecule is O=C(CCCOc1ccc(F)cc1)Nc1ccc2c(c1)NC(=O)CS2. The van der Waals surface area contributed by atoms with E-state index in [9.17, 15) is 14.0 Å². The summed E-state index contributed by atoms with van der Waals surface area (Å²) in [5.74, 6) is 0.500. The van der Waals surface area contributed by atoms with Gasteiger partial charge >= 0.3 is 0 Å². The van der Waals surface area contributed by atoms with Crippen molar-refractivity contribution in [1.82, 2.24) is 0 Å². The van der Waals surface area contributed by atoms with Crippen LogP contribution < -0.4 is 15.4 Å². The van der Waals surface area contributed by atoms with E-state index in [4.69, 9.17) is 4.74 Å². The Morgan fingerprint density at radius 2 is 2.04 bits per heavy atom. The van der Waals surface area contributed by atoms with Gasteiger partial charge in [-0.2, -0.15) is 0 Å². The zero-order valence-electron chi connectivity index (χ0n) is 13.4. The second kappa shape index (κ2) is 8.02. The molecule has 0 fully saturated rings. The third-order valence-corrected chi connectivity index (χ3v) is 4.60. The van der Waals surface area contributed by atoms with Crippen LogP contribution in [0.4, 0.5) is 15.8 Å². The van der Waals surface area contributed by atoms with Crippen molar-refractivity contribution >= 4 is 35.0 Å². The first kappa shape index (κ1) is 17.3. The number of anilines is 2. The van der Waals surface area contributed by atoms with Crippen LogP contribution in [0, 0.1) is 5.82 Å². The van der Waals surface area contributed by atoms with E-state index in [1.54, 1.807) is 18.2 Å². The summed E-state index contributed by atoms with van der Waals surface area (Å²) in [5.41, 5.74) is 1.37. The second-order valence-corrected chi connectivity index (χ2v) is 6.52. The van der Waals surface area contributed by atoms with E-state index in [2.05, 4.69) is 10.6 Å². The fourth-order valence-corrected chi connectivity index (χ4v) is 3.13. The molecule has 3 rings (SSSR count). The monoisotopic (exact) mass is 360 g/mol. The lowest BCUT2D eigenvalue weighted by Crippen LogP contribution is -2.19. The molecule has 2 aromatic carbocycles. The number of ether oxygens (including phenoxy) is 1. The average molecular weight is 360 g/mol. The number of benzene rings is 2. The smallest absolute Gasteiger partial charge is 0.234 e. The summed E-state index contributed by atoms with van der Waals surface area (Å²) >= 11 is 1.48. The van der Waals surface area contributed by atoms with Crippen LogP contribution in [-0.2, 0) is 9.59 Å². The summed E-state index contributed by atoms with van der Waals surface area (Å²) in [7, 11) is 0. The van der Waals surface area contributed by atoms with Crippen LogP contribution in [0.3, 0.4) is 0 Å². The second-order valence-electron chi connectivity index (χ2n) is 5.50. The van der Waals surface area contributed by atoms with Gasteiger partial charge < -0.3 is 15.4 Å². The van der Waals surface area contributed by atoms with Crippen molar-refractivity contribution in [3.63, 3.8) is 0 Å². The maximum atomic E-state index is 12.8. The van der Waals surface area contributed by atoms with Crippen molar-refractivity contribution in [2.45, 2.75) is 17.7 Å². The molecule has 0 aliphatic carbocycles. The molecule has 1 aliphatic rings. The van der Waals surface area contributed by atoms with Crippen LogP contribution in [-0.4, -0.2) is 24.2 Å². The lowest BCUT2D eigenvalue weighted by Gasteiger charge is -2.17. The predicted octanol–water partition coefficient (Wildman–Crippen LogP) is 3.67. The van der Waals surface area contributed by atoms with Crippen LogP contribution in [0.15, 0.2) is 47.4 Å². The van der Waals surface area contributed by atoms with E-state index in [-0.39, 0.29) is 17.6 Å². The molecule has 1 aliphatic heterocycles. The Hall–Kier alpha value is -2.54. The van der Waals surface area contributed by atoms with Gasteiger partial charge in [-0.25, -0.2) is 4.39 Å². The molecule has 25 heavy (non-hydrogen) atoms. The fourth-order valence-electron chi connectivity index (χ4n) is 2.34. The number of thioether (sulfide) groups is 1. The van der Waals surface area contributed by atoms with Crippen molar-refractivity contribution in [3.05, 3.63) is 48.3 Å². The van der Waals surface area contributed by atoms with Crippen LogP contribution in [0.5, 0.6) is 5.75 Å². The van der Waals surface area contributed by atoms with E-state index in [0.29, 0.717) is 36.6 Å². The normalized spacial score (nSPS) is 12.9. The third-order valence-electron chi connectivity index (χ3n) is 3.53. The van der Waals surface area contributed by atoms with E-state index in [1.165, 1.54) is 23.9 Å². The van der Waals surface area contributed by atoms with Crippen molar-refractivity contribution < 1.29 is 18.7 Å². The Morgan fingerprint density at radius 1 is 1.24 bits per heavy atom. The largest absolute Gasteiger partial charge is 0.494 e. The predicted molar refractivity (Wildman–Crippen MR) is 95.6 cm³/mol. The maximum Gasteiger partial charge on any atom is 0.234 e. The minimum Gasteiger partial charge on any atom is -0.494 e. The van der Waals surface area contributed by atoms with E-state index < -0.39 is 0 Å². The summed E-state index contributed by atoms with van der Waals surface area (Å²) in [6.45, 7) is 0.371. The van der Waals surface area contributed by atoms with Gasteiger partial charge in [-0.3, -0.25) is 9.59 Å². The molecule has 7 heteroatoms. The molecule has 2 N–H and O–H groups in total. The molecule has 2 amide bonds. The Kier molecular flexibility index (Phi) is 5.55. The van der Waals surface area contributed by atoms with Crippen molar-refractivity contribution in [3.8, 4) is 5.75 Å². The van der Waals surface area contributed by atoms with Gasteiger partial charge in [0.05, 0.1) is 18.0 Å². The average Bonchev–Trinajstić information content (AvgIpc) is 2.60. The number of amides is 2. The number of carbonyl (C=O) groups is 2. The molecule has 0 saturated carbocycles. The molecular weight excluding hydrogens is 343 g/mol. The Bertz CT molecular complexity index is 780. The molecule has 0 aromatic heterocycles. The van der Waals surface area contributed by atoms with Crippen molar-refractivity contribution in [2.24, 2.45) is 0 Å². The zero-order chi connectivity index (χ0) is 17.6. The lowest BCUT2D eigenvalue weighted by atomic mass is 10.2. The summed E-state index contributed by atoms with van der Waals surface area (Å²) in [4.78, 5) is 24.4. The molecule has 0 atom stereocenters. The highest BCUT2D eigenvalue weighted by Crippen LogP contribution is 2.33. The summed E-state index contributed by atoms with van der Waals surface area (Å²) in [6, 6.07) is 11.2. The van der Waals surface area contributed by atoms with Gasteiger partial charge in [-0.1, -0.05) is 0 Å². The highest BCUT2D eigenvalue weighted by Gasteiger charge is 2.15. The molecule has 130 valence electrons. The first-order valence-electron chi connectivity index (χ1n) is 7.85.